The first-order valence-corrected chi connectivity index (χ1v) is 5.68. The molecule has 0 bridgehead atoms. The zero-order valence-electron chi connectivity index (χ0n) is 9.39. The van der Waals surface area contributed by atoms with Gasteiger partial charge in [0.2, 0.25) is 0 Å². The van der Waals surface area contributed by atoms with E-state index in [9.17, 15) is 9.90 Å². The molecule has 0 aromatic carbocycles. The second-order valence-corrected chi connectivity index (χ2v) is 4.10. The Morgan fingerprint density at radius 3 is 3.19 bits per heavy atom. The topological polar surface area (TPSA) is 53.4 Å². The van der Waals surface area contributed by atoms with E-state index in [4.69, 9.17) is 0 Å². The fraction of sp³-hybridized carbons (Fsp3) is 0.500. The van der Waals surface area contributed by atoms with Crippen LogP contribution in [0.1, 0.15) is 36.5 Å². The maximum absolute atomic E-state index is 12.2. The average molecular weight is 220 g/mol. The largest absolute Gasteiger partial charge is 0.505 e. The number of aromatic nitrogens is 1. The van der Waals surface area contributed by atoms with E-state index >= 15 is 0 Å². The lowest BCUT2D eigenvalue weighted by Crippen LogP contribution is -2.35. The molecule has 1 atom stereocenters. The van der Waals surface area contributed by atoms with Crippen LogP contribution in [0.15, 0.2) is 18.5 Å². The Morgan fingerprint density at radius 1 is 1.69 bits per heavy atom. The first-order chi connectivity index (χ1) is 7.74. The third-order valence-electron chi connectivity index (χ3n) is 3.14. The van der Waals surface area contributed by atoms with Crippen molar-refractivity contribution in [2.24, 2.45) is 0 Å². The van der Waals surface area contributed by atoms with Crippen LogP contribution >= 0.6 is 0 Å². The van der Waals surface area contributed by atoms with Gasteiger partial charge in [0.15, 0.2) is 0 Å². The molecule has 1 saturated heterocycles. The highest BCUT2D eigenvalue weighted by molar-refractivity contribution is 5.96. The number of carbonyl (C=O) groups excluding carboxylic acids is 1. The average Bonchev–Trinajstić information content (AvgIpc) is 2.77. The summed E-state index contributed by atoms with van der Waals surface area (Å²) < 4.78 is 0. The number of aromatic hydroxyl groups is 1. The minimum absolute atomic E-state index is 0.0331. The highest BCUT2D eigenvalue weighted by atomic mass is 16.3. The van der Waals surface area contributed by atoms with Crippen molar-refractivity contribution in [1.82, 2.24) is 9.88 Å². The minimum atomic E-state index is -0.0794. The zero-order valence-corrected chi connectivity index (χ0v) is 9.39. The Hall–Kier alpha value is -1.58. The molecular weight excluding hydrogens is 204 g/mol. The highest BCUT2D eigenvalue weighted by Crippen LogP contribution is 2.24. The van der Waals surface area contributed by atoms with Crippen molar-refractivity contribution in [3.05, 3.63) is 24.0 Å². The number of hydrogen-bond donors (Lipinski definition) is 1. The molecule has 1 fully saturated rings. The van der Waals surface area contributed by atoms with Crippen LogP contribution < -0.4 is 0 Å². The number of carbonyl (C=O) groups is 1. The van der Waals surface area contributed by atoms with Gasteiger partial charge in [-0.05, 0) is 25.3 Å². The standard InChI is InChI=1S/C12H16N2O2/c1-2-9-4-3-7-14(9)12(16)10-5-6-13-8-11(10)15/h5-6,8-9,15H,2-4,7H2,1H3. The van der Waals surface area contributed by atoms with Gasteiger partial charge >= 0.3 is 0 Å². The van der Waals surface area contributed by atoms with Gasteiger partial charge in [0.25, 0.3) is 5.91 Å². The van der Waals surface area contributed by atoms with Crippen molar-refractivity contribution in [3.63, 3.8) is 0 Å². The molecule has 1 unspecified atom stereocenters. The molecule has 1 aliphatic heterocycles. The Bertz CT molecular complexity index is 392. The van der Waals surface area contributed by atoms with E-state index in [0.29, 0.717) is 11.6 Å². The van der Waals surface area contributed by atoms with Gasteiger partial charge in [-0.3, -0.25) is 9.78 Å². The molecule has 4 heteroatoms. The second kappa shape index (κ2) is 4.51. The number of amides is 1. The van der Waals surface area contributed by atoms with Crippen molar-refractivity contribution in [2.75, 3.05) is 6.54 Å². The van der Waals surface area contributed by atoms with Crippen LogP contribution in [0.25, 0.3) is 0 Å². The van der Waals surface area contributed by atoms with Gasteiger partial charge in [-0.25, -0.2) is 0 Å². The smallest absolute Gasteiger partial charge is 0.257 e. The molecule has 16 heavy (non-hydrogen) atoms. The van der Waals surface area contributed by atoms with Gasteiger partial charge in [0.05, 0.1) is 11.8 Å². The third-order valence-corrected chi connectivity index (χ3v) is 3.14. The summed E-state index contributed by atoms with van der Waals surface area (Å²) in [5.74, 6) is -0.112. The van der Waals surface area contributed by atoms with Crippen LogP contribution in [0.3, 0.4) is 0 Å². The van der Waals surface area contributed by atoms with Crippen molar-refractivity contribution >= 4 is 5.91 Å². The Balaban J connectivity index is 2.22. The summed E-state index contributed by atoms with van der Waals surface area (Å²) in [6, 6.07) is 1.89. The first-order valence-electron chi connectivity index (χ1n) is 5.68. The van der Waals surface area contributed by atoms with E-state index in [0.717, 1.165) is 25.8 Å². The Kier molecular flexibility index (Phi) is 3.08. The second-order valence-electron chi connectivity index (χ2n) is 4.10. The van der Waals surface area contributed by atoms with Gasteiger partial charge in [-0.15, -0.1) is 0 Å². The molecule has 0 saturated carbocycles. The van der Waals surface area contributed by atoms with Crippen molar-refractivity contribution in [3.8, 4) is 5.75 Å². The summed E-state index contributed by atoms with van der Waals surface area (Å²) >= 11 is 0. The lowest BCUT2D eigenvalue weighted by Gasteiger charge is -2.23. The number of rotatable bonds is 2. The van der Waals surface area contributed by atoms with E-state index in [-0.39, 0.29) is 11.7 Å². The Labute approximate surface area is 94.9 Å². The van der Waals surface area contributed by atoms with Gasteiger partial charge in [0, 0.05) is 18.8 Å². The normalized spacial score (nSPS) is 20.1. The van der Waals surface area contributed by atoms with Crippen LogP contribution in [0.4, 0.5) is 0 Å². The molecule has 0 aliphatic carbocycles. The van der Waals surface area contributed by atoms with Crippen LogP contribution in [0, 0.1) is 0 Å². The number of nitrogens with zero attached hydrogens (tertiary/aromatic N) is 2. The summed E-state index contributed by atoms with van der Waals surface area (Å²) in [6.07, 6.45) is 5.93. The van der Waals surface area contributed by atoms with Gasteiger partial charge in [-0.2, -0.15) is 0 Å². The molecule has 0 radical (unpaired) electrons. The van der Waals surface area contributed by atoms with Crippen molar-refractivity contribution in [2.45, 2.75) is 32.2 Å². The van der Waals surface area contributed by atoms with E-state index in [2.05, 4.69) is 11.9 Å². The fourth-order valence-electron chi connectivity index (χ4n) is 2.25. The van der Waals surface area contributed by atoms with Gasteiger partial charge in [-0.1, -0.05) is 6.92 Å². The van der Waals surface area contributed by atoms with Gasteiger partial charge < -0.3 is 10.0 Å². The first kappa shape index (κ1) is 10.9. The predicted molar refractivity (Wildman–Crippen MR) is 60.3 cm³/mol. The predicted octanol–water partition coefficient (Wildman–Crippen LogP) is 1.80. The molecule has 1 aromatic heterocycles. The van der Waals surface area contributed by atoms with E-state index in [1.807, 2.05) is 4.90 Å². The fourth-order valence-corrected chi connectivity index (χ4v) is 2.25. The van der Waals surface area contributed by atoms with Crippen LogP contribution in [0.5, 0.6) is 5.75 Å². The number of likely N-dealkylation sites (tertiary alicyclic amines) is 1. The monoisotopic (exact) mass is 220 g/mol. The third kappa shape index (κ3) is 1.87. The summed E-state index contributed by atoms with van der Waals surface area (Å²) in [4.78, 5) is 17.8. The SMILES string of the molecule is CCC1CCCN1C(=O)c1ccncc1O. The maximum Gasteiger partial charge on any atom is 0.257 e. The minimum Gasteiger partial charge on any atom is -0.505 e. The lowest BCUT2D eigenvalue weighted by atomic mass is 10.1. The molecule has 2 rings (SSSR count). The van der Waals surface area contributed by atoms with Crippen LogP contribution in [0.2, 0.25) is 0 Å². The molecule has 1 amide bonds. The van der Waals surface area contributed by atoms with Crippen molar-refractivity contribution in [1.29, 1.82) is 0 Å². The van der Waals surface area contributed by atoms with E-state index < -0.39 is 0 Å². The molecule has 1 N–H and O–H groups in total. The molecule has 4 nitrogen and oxygen atoms in total. The van der Waals surface area contributed by atoms with E-state index in [1.54, 1.807) is 6.07 Å². The Morgan fingerprint density at radius 2 is 2.50 bits per heavy atom. The summed E-state index contributed by atoms with van der Waals surface area (Å²) in [6.45, 7) is 2.88. The lowest BCUT2D eigenvalue weighted by molar-refractivity contribution is 0.0730. The van der Waals surface area contributed by atoms with Crippen LogP contribution in [-0.2, 0) is 0 Å². The summed E-state index contributed by atoms with van der Waals surface area (Å²) in [7, 11) is 0. The van der Waals surface area contributed by atoms with E-state index in [1.165, 1.54) is 12.4 Å². The highest BCUT2D eigenvalue weighted by Gasteiger charge is 2.29. The summed E-state index contributed by atoms with van der Waals surface area (Å²) in [5.41, 5.74) is 0.357. The number of hydrogen-bond acceptors (Lipinski definition) is 3. The van der Waals surface area contributed by atoms with Crippen molar-refractivity contribution < 1.29 is 9.90 Å². The summed E-state index contributed by atoms with van der Waals surface area (Å²) in [5, 5.41) is 9.59. The molecule has 1 aromatic rings. The zero-order chi connectivity index (χ0) is 11.5. The molecular formula is C12H16N2O2. The number of pyridine rings is 1. The molecule has 86 valence electrons. The molecule has 1 aliphatic rings. The van der Waals surface area contributed by atoms with Gasteiger partial charge in [0.1, 0.15) is 5.75 Å². The van der Waals surface area contributed by atoms with Crippen LogP contribution in [-0.4, -0.2) is 33.5 Å². The molecule has 2 heterocycles. The quantitative estimate of drug-likeness (QED) is 0.826. The molecule has 0 spiro atoms. The maximum atomic E-state index is 12.2.